The van der Waals surface area contributed by atoms with Crippen LogP contribution in [0.25, 0.3) is 0 Å². The Morgan fingerprint density at radius 1 is 1.16 bits per heavy atom. The standard InChI is InChI=1S/C16H23N3/c1-12-7-13(2)9-14(8-12)10-15(17-3)11-16-18-5-6-19(16)4/h5-9,15,17H,10-11H2,1-4H3. The van der Waals surface area contributed by atoms with Crippen molar-refractivity contribution in [1.29, 1.82) is 0 Å². The minimum atomic E-state index is 0.419. The second-order valence-electron chi connectivity index (χ2n) is 5.34. The summed E-state index contributed by atoms with van der Waals surface area (Å²) in [6.45, 7) is 4.31. The second kappa shape index (κ2) is 6.02. The molecule has 1 aromatic carbocycles. The number of hydrogen-bond donors (Lipinski definition) is 1. The molecule has 0 radical (unpaired) electrons. The molecule has 1 heterocycles. The van der Waals surface area contributed by atoms with E-state index in [0.29, 0.717) is 6.04 Å². The van der Waals surface area contributed by atoms with Crippen molar-refractivity contribution in [2.75, 3.05) is 7.05 Å². The smallest absolute Gasteiger partial charge is 0.109 e. The quantitative estimate of drug-likeness (QED) is 0.891. The van der Waals surface area contributed by atoms with Crippen LogP contribution in [0, 0.1) is 13.8 Å². The van der Waals surface area contributed by atoms with Gasteiger partial charge in [-0.15, -0.1) is 0 Å². The molecule has 1 unspecified atom stereocenters. The molecule has 1 atom stereocenters. The zero-order valence-electron chi connectivity index (χ0n) is 12.3. The van der Waals surface area contributed by atoms with Gasteiger partial charge in [0, 0.05) is 31.9 Å². The molecular formula is C16H23N3. The average molecular weight is 257 g/mol. The highest BCUT2D eigenvalue weighted by Gasteiger charge is 2.11. The van der Waals surface area contributed by atoms with Gasteiger partial charge in [0.1, 0.15) is 5.82 Å². The second-order valence-corrected chi connectivity index (χ2v) is 5.34. The summed E-state index contributed by atoms with van der Waals surface area (Å²) in [7, 11) is 4.07. The predicted molar refractivity (Wildman–Crippen MR) is 79.4 cm³/mol. The number of benzene rings is 1. The van der Waals surface area contributed by atoms with E-state index in [-0.39, 0.29) is 0 Å². The van der Waals surface area contributed by atoms with E-state index in [1.54, 1.807) is 0 Å². The monoisotopic (exact) mass is 257 g/mol. The average Bonchev–Trinajstić information content (AvgIpc) is 2.73. The summed E-state index contributed by atoms with van der Waals surface area (Å²) < 4.78 is 2.09. The molecular weight excluding hydrogens is 234 g/mol. The first-order valence-corrected chi connectivity index (χ1v) is 6.79. The van der Waals surface area contributed by atoms with Gasteiger partial charge in [0.05, 0.1) is 0 Å². The van der Waals surface area contributed by atoms with Gasteiger partial charge in [-0.25, -0.2) is 4.98 Å². The molecule has 0 aliphatic rings. The van der Waals surface area contributed by atoms with E-state index in [0.717, 1.165) is 18.7 Å². The van der Waals surface area contributed by atoms with Gasteiger partial charge in [0.15, 0.2) is 0 Å². The zero-order valence-corrected chi connectivity index (χ0v) is 12.3. The van der Waals surface area contributed by atoms with Gasteiger partial charge in [-0.05, 0) is 32.9 Å². The van der Waals surface area contributed by atoms with Gasteiger partial charge < -0.3 is 9.88 Å². The minimum absolute atomic E-state index is 0.419. The molecule has 0 saturated carbocycles. The maximum Gasteiger partial charge on any atom is 0.109 e. The first-order valence-electron chi connectivity index (χ1n) is 6.79. The van der Waals surface area contributed by atoms with E-state index in [1.165, 1.54) is 16.7 Å². The molecule has 3 nitrogen and oxygen atoms in total. The molecule has 0 fully saturated rings. The fraction of sp³-hybridized carbons (Fsp3) is 0.438. The van der Waals surface area contributed by atoms with E-state index in [9.17, 15) is 0 Å². The molecule has 0 aliphatic carbocycles. The SMILES string of the molecule is CNC(Cc1cc(C)cc(C)c1)Cc1nccn1C. The molecule has 3 heteroatoms. The summed E-state index contributed by atoms with van der Waals surface area (Å²) in [5, 5.41) is 3.40. The lowest BCUT2D eigenvalue weighted by molar-refractivity contribution is 0.534. The summed E-state index contributed by atoms with van der Waals surface area (Å²) in [6.07, 6.45) is 5.84. The molecule has 1 N–H and O–H groups in total. The van der Waals surface area contributed by atoms with Crippen LogP contribution in [0.3, 0.4) is 0 Å². The topological polar surface area (TPSA) is 29.9 Å². The van der Waals surface area contributed by atoms with Gasteiger partial charge in [0.25, 0.3) is 0 Å². The van der Waals surface area contributed by atoms with E-state index >= 15 is 0 Å². The number of imidazole rings is 1. The molecule has 0 amide bonds. The molecule has 2 aromatic rings. The maximum absolute atomic E-state index is 4.40. The number of aromatic nitrogens is 2. The maximum atomic E-state index is 4.40. The van der Waals surface area contributed by atoms with Crippen LogP contribution in [0.15, 0.2) is 30.6 Å². The van der Waals surface area contributed by atoms with E-state index < -0.39 is 0 Å². The Morgan fingerprint density at radius 3 is 2.37 bits per heavy atom. The Bertz CT molecular complexity index is 522. The van der Waals surface area contributed by atoms with Crippen LogP contribution in [0.1, 0.15) is 22.5 Å². The Labute approximate surface area is 115 Å². The molecule has 0 aliphatic heterocycles. The number of likely N-dealkylation sites (N-methyl/N-ethyl adjacent to an activating group) is 1. The summed E-state index contributed by atoms with van der Waals surface area (Å²) in [6, 6.07) is 7.18. The number of rotatable bonds is 5. The molecule has 19 heavy (non-hydrogen) atoms. The van der Waals surface area contributed by atoms with Crippen molar-refractivity contribution < 1.29 is 0 Å². The Balaban J connectivity index is 2.08. The molecule has 0 spiro atoms. The van der Waals surface area contributed by atoms with Crippen molar-refractivity contribution in [2.24, 2.45) is 7.05 Å². The number of nitrogens with zero attached hydrogens (tertiary/aromatic N) is 2. The molecule has 0 bridgehead atoms. The summed E-state index contributed by atoms with van der Waals surface area (Å²) in [4.78, 5) is 4.40. The summed E-state index contributed by atoms with van der Waals surface area (Å²) in [5.74, 6) is 1.13. The molecule has 2 rings (SSSR count). The van der Waals surface area contributed by atoms with Gasteiger partial charge >= 0.3 is 0 Å². The number of aryl methyl sites for hydroxylation is 3. The van der Waals surface area contributed by atoms with Crippen LogP contribution < -0.4 is 5.32 Å². The molecule has 102 valence electrons. The van der Waals surface area contributed by atoms with E-state index in [2.05, 4.69) is 46.9 Å². The lowest BCUT2D eigenvalue weighted by Crippen LogP contribution is -2.31. The predicted octanol–water partition coefficient (Wildman–Crippen LogP) is 2.41. The van der Waals surface area contributed by atoms with Crippen molar-refractivity contribution in [3.63, 3.8) is 0 Å². The first kappa shape index (κ1) is 13.8. The van der Waals surface area contributed by atoms with Crippen LogP contribution in [-0.4, -0.2) is 22.6 Å². The Morgan fingerprint density at radius 2 is 1.84 bits per heavy atom. The van der Waals surface area contributed by atoms with E-state index in [4.69, 9.17) is 0 Å². The third kappa shape index (κ3) is 3.67. The van der Waals surface area contributed by atoms with Crippen LogP contribution in [-0.2, 0) is 19.9 Å². The van der Waals surface area contributed by atoms with Crippen molar-refractivity contribution in [1.82, 2.24) is 14.9 Å². The fourth-order valence-electron chi connectivity index (χ4n) is 2.56. The van der Waals surface area contributed by atoms with Gasteiger partial charge in [-0.2, -0.15) is 0 Å². The van der Waals surface area contributed by atoms with Gasteiger partial charge in [-0.3, -0.25) is 0 Å². The first-order chi connectivity index (χ1) is 9.08. The van der Waals surface area contributed by atoms with Crippen molar-refractivity contribution in [3.05, 3.63) is 53.1 Å². The highest BCUT2D eigenvalue weighted by Crippen LogP contribution is 2.12. The van der Waals surface area contributed by atoms with Crippen molar-refractivity contribution in [2.45, 2.75) is 32.7 Å². The van der Waals surface area contributed by atoms with Crippen LogP contribution >= 0.6 is 0 Å². The lowest BCUT2D eigenvalue weighted by Gasteiger charge is -2.17. The minimum Gasteiger partial charge on any atom is -0.338 e. The van der Waals surface area contributed by atoms with Gasteiger partial charge in [0.2, 0.25) is 0 Å². The van der Waals surface area contributed by atoms with Gasteiger partial charge in [-0.1, -0.05) is 29.3 Å². The molecule has 0 saturated heterocycles. The summed E-state index contributed by atoms with van der Waals surface area (Å²) in [5.41, 5.74) is 4.06. The van der Waals surface area contributed by atoms with Crippen molar-refractivity contribution in [3.8, 4) is 0 Å². The van der Waals surface area contributed by atoms with Crippen LogP contribution in [0.2, 0.25) is 0 Å². The summed E-state index contributed by atoms with van der Waals surface area (Å²) >= 11 is 0. The Hall–Kier alpha value is -1.61. The number of hydrogen-bond acceptors (Lipinski definition) is 2. The Kier molecular flexibility index (Phi) is 4.38. The normalized spacial score (nSPS) is 12.6. The third-order valence-electron chi connectivity index (χ3n) is 3.52. The van der Waals surface area contributed by atoms with Crippen LogP contribution in [0.4, 0.5) is 0 Å². The molecule has 1 aromatic heterocycles. The largest absolute Gasteiger partial charge is 0.338 e. The lowest BCUT2D eigenvalue weighted by atomic mass is 9.99. The third-order valence-corrected chi connectivity index (χ3v) is 3.52. The van der Waals surface area contributed by atoms with Crippen molar-refractivity contribution >= 4 is 0 Å². The van der Waals surface area contributed by atoms with Crippen LogP contribution in [0.5, 0.6) is 0 Å². The fourth-order valence-corrected chi connectivity index (χ4v) is 2.56. The highest BCUT2D eigenvalue weighted by molar-refractivity contribution is 5.29. The number of nitrogens with one attached hydrogen (secondary N) is 1. The highest BCUT2D eigenvalue weighted by atomic mass is 15.0. The van der Waals surface area contributed by atoms with E-state index in [1.807, 2.05) is 26.5 Å². The zero-order chi connectivity index (χ0) is 13.8.